The van der Waals surface area contributed by atoms with Crippen LogP contribution in [0.15, 0.2) is 0 Å². The quantitative estimate of drug-likeness (QED) is 0.697. The average Bonchev–Trinajstić information content (AvgIpc) is 2.35. The van der Waals surface area contributed by atoms with E-state index in [9.17, 15) is 4.79 Å². The number of nitrogens with two attached hydrogens (primary N) is 1. The van der Waals surface area contributed by atoms with Crippen molar-refractivity contribution in [2.45, 2.75) is 70.8 Å². The minimum Gasteiger partial charge on any atom is -0.462 e. The third-order valence-electron chi connectivity index (χ3n) is 3.76. The van der Waals surface area contributed by atoms with Gasteiger partial charge < -0.3 is 10.5 Å². The van der Waals surface area contributed by atoms with Crippen molar-refractivity contribution in [3.05, 3.63) is 0 Å². The van der Waals surface area contributed by atoms with E-state index in [4.69, 9.17) is 10.5 Å². The van der Waals surface area contributed by atoms with Gasteiger partial charge in [-0.1, -0.05) is 19.8 Å². The fourth-order valence-electron chi connectivity index (χ4n) is 2.54. The molecule has 1 saturated carbocycles. The molecular formula is C14H27NO2. The van der Waals surface area contributed by atoms with Gasteiger partial charge in [0.25, 0.3) is 0 Å². The number of hydrogen-bond donors (Lipinski definition) is 1. The molecule has 1 aliphatic carbocycles. The Morgan fingerprint density at radius 2 is 2.00 bits per heavy atom. The largest absolute Gasteiger partial charge is 0.462 e. The molecule has 1 atom stereocenters. The van der Waals surface area contributed by atoms with Gasteiger partial charge in [0.05, 0.1) is 0 Å². The number of carbonyl (C=O) groups is 1. The minimum atomic E-state index is -0.00706. The van der Waals surface area contributed by atoms with Crippen LogP contribution >= 0.6 is 0 Å². The molecule has 0 amide bonds. The molecule has 1 fully saturated rings. The summed E-state index contributed by atoms with van der Waals surface area (Å²) in [5, 5.41) is 0. The van der Waals surface area contributed by atoms with E-state index in [0.717, 1.165) is 38.6 Å². The standard InChI is InChI=1S/C14H27NO2/c1-2-12(10-11-15)8-9-14(16)17-13-6-4-3-5-7-13/h12-13H,2-11,15H2,1H3. The molecule has 17 heavy (non-hydrogen) atoms. The summed E-state index contributed by atoms with van der Waals surface area (Å²) in [6.45, 7) is 2.88. The molecule has 3 nitrogen and oxygen atoms in total. The van der Waals surface area contributed by atoms with Crippen molar-refractivity contribution in [2.75, 3.05) is 6.54 Å². The van der Waals surface area contributed by atoms with Gasteiger partial charge in [0.1, 0.15) is 6.10 Å². The first-order valence-electron chi connectivity index (χ1n) is 7.15. The zero-order valence-corrected chi connectivity index (χ0v) is 11.1. The van der Waals surface area contributed by atoms with Gasteiger partial charge in [0, 0.05) is 6.42 Å². The van der Waals surface area contributed by atoms with E-state index in [2.05, 4.69) is 6.92 Å². The van der Waals surface area contributed by atoms with Crippen molar-refractivity contribution in [2.24, 2.45) is 11.7 Å². The summed E-state index contributed by atoms with van der Waals surface area (Å²) in [7, 11) is 0. The molecule has 0 saturated heterocycles. The Morgan fingerprint density at radius 3 is 2.59 bits per heavy atom. The molecule has 0 aromatic rings. The van der Waals surface area contributed by atoms with Gasteiger partial charge >= 0.3 is 5.97 Å². The molecule has 0 aromatic heterocycles. The first kappa shape index (κ1) is 14.5. The van der Waals surface area contributed by atoms with Crippen LogP contribution in [0.1, 0.15) is 64.7 Å². The topological polar surface area (TPSA) is 52.3 Å². The third-order valence-corrected chi connectivity index (χ3v) is 3.76. The minimum absolute atomic E-state index is 0.00706. The van der Waals surface area contributed by atoms with E-state index < -0.39 is 0 Å². The Balaban J connectivity index is 2.14. The summed E-state index contributed by atoms with van der Waals surface area (Å²) in [5.74, 6) is 0.575. The van der Waals surface area contributed by atoms with E-state index in [0.29, 0.717) is 12.3 Å². The lowest BCUT2D eigenvalue weighted by atomic mass is 9.96. The summed E-state index contributed by atoms with van der Waals surface area (Å²) < 4.78 is 5.49. The number of rotatable bonds is 7. The summed E-state index contributed by atoms with van der Waals surface area (Å²) in [6, 6.07) is 0. The number of ether oxygens (including phenoxy) is 1. The predicted molar refractivity (Wildman–Crippen MR) is 69.7 cm³/mol. The molecule has 0 aromatic carbocycles. The van der Waals surface area contributed by atoms with Crippen LogP contribution in [0.25, 0.3) is 0 Å². The number of esters is 1. The lowest BCUT2D eigenvalue weighted by Crippen LogP contribution is -2.21. The van der Waals surface area contributed by atoms with Gasteiger partial charge in [-0.3, -0.25) is 4.79 Å². The Labute approximate surface area is 105 Å². The average molecular weight is 241 g/mol. The van der Waals surface area contributed by atoms with E-state index in [-0.39, 0.29) is 12.1 Å². The van der Waals surface area contributed by atoms with Crippen LogP contribution in [0.4, 0.5) is 0 Å². The van der Waals surface area contributed by atoms with Crippen molar-refractivity contribution < 1.29 is 9.53 Å². The highest BCUT2D eigenvalue weighted by atomic mass is 16.5. The molecule has 1 aliphatic rings. The lowest BCUT2D eigenvalue weighted by molar-refractivity contribution is -0.150. The Hall–Kier alpha value is -0.570. The smallest absolute Gasteiger partial charge is 0.306 e. The van der Waals surface area contributed by atoms with Crippen molar-refractivity contribution in [3.8, 4) is 0 Å². The lowest BCUT2D eigenvalue weighted by Gasteiger charge is -2.22. The van der Waals surface area contributed by atoms with Crippen molar-refractivity contribution >= 4 is 5.97 Å². The molecule has 1 rings (SSSR count). The number of hydrogen-bond acceptors (Lipinski definition) is 3. The second-order valence-electron chi connectivity index (χ2n) is 5.14. The van der Waals surface area contributed by atoms with Crippen molar-refractivity contribution in [3.63, 3.8) is 0 Å². The second-order valence-corrected chi connectivity index (χ2v) is 5.14. The third kappa shape index (κ3) is 6.06. The van der Waals surface area contributed by atoms with E-state index in [1.165, 1.54) is 19.3 Å². The van der Waals surface area contributed by atoms with Crippen LogP contribution in [0.5, 0.6) is 0 Å². The molecule has 1 unspecified atom stereocenters. The molecule has 0 spiro atoms. The monoisotopic (exact) mass is 241 g/mol. The van der Waals surface area contributed by atoms with Gasteiger partial charge in [-0.05, 0) is 51.0 Å². The molecule has 0 bridgehead atoms. The maximum Gasteiger partial charge on any atom is 0.306 e. The first-order chi connectivity index (χ1) is 8.26. The first-order valence-corrected chi connectivity index (χ1v) is 7.15. The van der Waals surface area contributed by atoms with Crippen LogP contribution in [-0.2, 0) is 9.53 Å². The Kier molecular flexibility index (Phi) is 7.25. The fourth-order valence-corrected chi connectivity index (χ4v) is 2.54. The predicted octanol–water partition coefficient (Wildman–Crippen LogP) is 3.02. The second kappa shape index (κ2) is 8.51. The highest BCUT2D eigenvalue weighted by Gasteiger charge is 2.18. The van der Waals surface area contributed by atoms with Crippen LogP contribution in [-0.4, -0.2) is 18.6 Å². The SMILES string of the molecule is CCC(CCN)CCC(=O)OC1CCCCC1. The van der Waals surface area contributed by atoms with Gasteiger partial charge in [0.15, 0.2) is 0 Å². The van der Waals surface area contributed by atoms with Crippen molar-refractivity contribution in [1.82, 2.24) is 0 Å². The molecule has 0 aliphatic heterocycles. The summed E-state index contributed by atoms with van der Waals surface area (Å²) in [4.78, 5) is 11.7. The van der Waals surface area contributed by atoms with E-state index in [1.54, 1.807) is 0 Å². The maximum atomic E-state index is 11.7. The van der Waals surface area contributed by atoms with Gasteiger partial charge in [-0.15, -0.1) is 0 Å². The molecular weight excluding hydrogens is 214 g/mol. The van der Waals surface area contributed by atoms with E-state index >= 15 is 0 Å². The van der Waals surface area contributed by atoms with Crippen molar-refractivity contribution in [1.29, 1.82) is 0 Å². The zero-order chi connectivity index (χ0) is 12.5. The van der Waals surface area contributed by atoms with E-state index in [1.807, 2.05) is 0 Å². The highest BCUT2D eigenvalue weighted by Crippen LogP contribution is 2.21. The van der Waals surface area contributed by atoms with Crippen LogP contribution in [0.3, 0.4) is 0 Å². The summed E-state index contributed by atoms with van der Waals surface area (Å²) in [5.41, 5.74) is 5.54. The molecule has 3 heteroatoms. The number of carbonyl (C=O) groups excluding carboxylic acids is 1. The molecule has 0 heterocycles. The van der Waals surface area contributed by atoms with Gasteiger partial charge in [-0.25, -0.2) is 0 Å². The summed E-state index contributed by atoms with van der Waals surface area (Å²) >= 11 is 0. The highest BCUT2D eigenvalue weighted by molar-refractivity contribution is 5.69. The van der Waals surface area contributed by atoms with Crippen LogP contribution in [0.2, 0.25) is 0 Å². The maximum absolute atomic E-state index is 11.7. The zero-order valence-electron chi connectivity index (χ0n) is 11.1. The summed E-state index contributed by atoms with van der Waals surface area (Å²) in [6.07, 6.45) is 9.66. The van der Waals surface area contributed by atoms with Gasteiger partial charge in [0.2, 0.25) is 0 Å². The van der Waals surface area contributed by atoms with Crippen LogP contribution < -0.4 is 5.73 Å². The Bertz CT molecular complexity index is 212. The van der Waals surface area contributed by atoms with Crippen LogP contribution in [0, 0.1) is 5.92 Å². The van der Waals surface area contributed by atoms with Gasteiger partial charge in [-0.2, -0.15) is 0 Å². The normalized spacial score (nSPS) is 18.9. The Morgan fingerprint density at radius 1 is 1.29 bits per heavy atom. The molecule has 100 valence electrons. The fraction of sp³-hybridized carbons (Fsp3) is 0.929. The molecule has 2 N–H and O–H groups in total. The molecule has 0 radical (unpaired) electrons.